The van der Waals surface area contributed by atoms with Crippen molar-refractivity contribution < 1.29 is 0 Å². The maximum Gasteiger partial charge on any atom is 0.0118 e. The number of hydrogen-bond acceptors (Lipinski definition) is 1. The number of rotatable bonds is 5. The van der Waals surface area contributed by atoms with Crippen molar-refractivity contribution in [2.75, 3.05) is 7.05 Å². The van der Waals surface area contributed by atoms with Crippen LogP contribution >= 0.6 is 0 Å². The normalized spacial score (nSPS) is 39.2. The van der Waals surface area contributed by atoms with Gasteiger partial charge in [0.25, 0.3) is 0 Å². The fourth-order valence-corrected chi connectivity index (χ4v) is 3.67. The first-order valence-electron chi connectivity index (χ1n) is 6.43. The fourth-order valence-electron chi connectivity index (χ4n) is 3.67. The van der Waals surface area contributed by atoms with E-state index in [-0.39, 0.29) is 0 Å². The molecule has 0 radical (unpaired) electrons. The summed E-state index contributed by atoms with van der Waals surface area (Å²) >= 11 is 0. The summed E-state index contributed by atoms with van der Waals surface area (Å²) in [6.07, 6.45) is 7.31. The van der Waals surface area contributed by atoms with Crippen molar-refractivity contribution in [2.24, 2.45) is 23.7 Å². The Hall–Kier alpha value is -0.0400. The molecule has 0 aromatic rings. The van der Waals surface area contributed by atoms with Crippen LogP contribution in [-0.2, 0) is 0 Å². The van der Waals surface area contributed by atoms with Crippen LogP contribution < -0.4 is 5.32 Å². The first-order valence-corrected chi connectivity index (χ1v) is 6.43. The maximum absolute atomic E-state index is 3.57. The third-order valence-electron chi connectivity index (χ3n) is 4.48. The van der Waals surface area contributed by atoms with Gasteiger partial charge in [0.1, 0.15) is 0 Å². The second-order valence-electron chi connectivity index (χ2n) is 5.57. The molecule has 0 heterocycles. The molecule has 2 fully saturated rings. The molecule has 2 aliphatic rings. The molecule has 0 saturated heterocycles. The highest BCUT2D eigenvalue weighted by atomic mass is 14.9. The number of nitrogens with one attached hydrogen (secondary N) is 1. The third kappa shape index (κ3) is 1.98. The highest BCUT2D eigenvalue weighted by Crippen LogP contribution is 2.55. The molecule has 14 heavy (non-hydrogen) atoms. The molecule has 0 aromatic carbocycles. The molecule has 0 aliphatic heterocycles. The van der Waals surface area contributed by atoms with E-state index in [9.17, 15) is 0 Å². The van der Waals surface area contributed by atoms with Crippen molar-refractivity contribution in [3.8, 4) is 0 Å². The van der Waals surface area contributed by atoms with Crippen LogP contribution in [0.25, 0.3) is 0 Å². The molecule has 4 unspecified atom stereocenters. The molecule has 1 nitrogen and oxygen atoms in total. The van der Waals surface area contributed by atoms with Crippen LogP contribution in [0.5, 0.6) is 0 Å². The minimum absolute atomic E-state index is 0.794. The molecular weight excluding hydrogens is 170 g/mol. The molecule has 2 aliphatic carbocycles. The number of hydrogen-bond donors (Lipinski definition) is 1. The predicted octanol–water partition coefficient (Wildman–Crippen LogP) is 3.06. The van der Waals surface area contributed by atoms with Crippen molar-refractivity contribution in [1.82, 2.24) is 5.32 Å². The standard InChI is InChI=1S/C13H25N/c1-4-5-9(2)13(14-3)12-7-10-6-11(10)8-12/h9-14H,4-8H2,1-3H3. The lowest BCUT2D eigenvalue weighted by Crippen LogP contribution is -2.38. The lowest BCUT2D eigenvalue weighted by molar-refractivity contribution is 0.259. The van der Waals surface area contributed by atoms with Crippen LogP contribution in [0, 0.1) is 23.7 Å². The second kappa shape index (κ2) is 4.22. The van der Waals surface area contributed by atoms with Gasteiger partial charge in [-0.2, -0.15) is 0 Å². The van der Waals surface area contributed by atoms with Gasteiger partial charge in [0, 0.05) is 6.04 Å². The summed E-state index contributed by atoms with van der Waals surface area (Å²) in [5.74, 6) is 4.12. The molecule has 82 valence electrons. The van der Waals surface area contributed by atoms with Gasteiger partial charge in [-0.3, -0.25) is 0 Å². The molecular formula is C13H25N. The van der Waals surface area contributed by atoms with E-state index in [1.165, 1.54) is 25.7 Å². The summed E-state index contributed by atoms with van der Waals surface area (Å²) in [5, 5.41) is 3.57. The molecule has 4 atom stereocenters. The molecule has 2 rings (SSSR count). The quantitative estimate of drug-likeness (QED) is 0.711. The van der Waals surface area contributed by atoms with Gasteiger partial charge in [-0.25, -0.2) is 0 Å². The molecule has 1 heteroatoms. The summed E-state index contributed by atoms with van der Waals surface area (Å²) in [6, 6.07) is 0.794. The van der Waals surface area contributed by atoms with Crippen LogP contribution in [0.3, 0.4) is 0 Å². The van der Waals surface area contributed by atoms with E-state index < -0.39 is 0 Å². The van der Waals surface area contributed by atoms with E-state index in [4.69, 9.17) is 0 Å². The van der Waals surface area contributed by atoms with Gasteiger partial charge in [0.15, 0.2) is 0 Å². The van der Waals surface area contributed by atoms with Gasteiger partial charge in [-0.1, -0.05) is 20.3 Å². The van der Waals surface area contributed by atoms with Gasteiger partial charge in [0.2, 0.25) is 0 Å². The minimum Gasteiger partial charge on any atom is -0.316 e. The average molecular weight is 195 g/mol. The van der Waals surface area contributed by atoms with E-state index in [2.05, 4.69) is 26.2 Å². The third-order valence-corrected chi connectivity index (χ3v) is 4.48. The molecule has 0 spiro atoms. The highest BCUT2D eigenvalue weighted by Gasteiger charge is 2.48. The fraction of sp³-hybridized carbons (Fsp3) is 1.00. The van der Waals surface area contributed by atoms with Crippen LogP contribution in [0.2, 0.25) is 0 Å². The monoisotopic (exact) mass is 195 g/mol. The van der Waals surface area contributed by atoms with Gasteiger partial charge in [-0.05, 0) is 56.4 Å². The Labute approximate surface area is 88.7 Å². The molecule has 0 bridgehead atoms. The lowest BCUT2D eigenvalue weighted by atomic mass is 9.84. The smallest absolute Gasteiger partial charge is 0.0118 e. The average Bonchev–Trinajstić information content (AvgIpc) is 2.76. The Morgan fingerprint density at radius 2 is 1.86 bits per heavy atom. The summed E-state index contributed by atoms with van der Waals surface area (Å²) in [7, 11) is 2.15. The molecule has 0 aromatic heterocycles. The van der Waals surface area contributed by atoms with Crippen molar-refractivity contribution in [2.45, 2.75) is 52.0 Å². The Bertz CT molecular complexity index is 180. The summed E-state index contributed by atoms with van der Waals surface area (Å²) in [4.78, 5) is 0. The first kappa shape index (κ1) is 10.5. The van der Waals surface area contributed by atoms with Gasteiger partial charge in [0.05, 0.1) is 0 Å². The summed E-state index contributed by atoms with van der Waals surface area (Å²) in [6.45, 7) is 4.73. The van der Waals surface area contributed by atoms with Crippen LogP contribution in [-0.4, -0.2) is 13.1 Å². The first-order chi connectivity index (χ1) is 6.76. The Morgan fingerprint density at radius 1 is 1.21 bits per heavy atom. The van der Waals surface area contributed by atoms with Gasteiger partial charge in [-0.15, -0.1) is 0 Å². The van der Waals surface area contributed by atoms with Crippen LogP contribution in [0.4, 0.5) is 0 Å². The van der Waals surface area contributed by atoms with Crippen molar-refractivity contribution >= 4 is 0 Å². The van der Waals surface area contributed by atoms with Crippen molar-refractivity contribution in [3.05, 3.63) is 0 Å². The minimum atomic E-state index is 0.794. The Morgan fingerprint density at radius 3 is 2.36 bits per heavy atom. The highest BCUT2D eigenvalue weighted by molar-refractivity contribution is 4.99. The predicted molar refractivity (Wildman–Crippen MR) is 61.2 cm³/mol. The van der Waals surface area contributed by atoms with Crippen LogP contribution in [0.15, 0.2) is 0 Å². The van der Waals surface area contributed by atoms with Crippen LogP contribution in [0.1, 0.15) is 46.0 Å². The Balaban J connectivity index is 1.85. The van der Waals surface area contributed by atoms with E-state index in [1.54, 1.807) is 6.42 Å². The molecule has 0 amide bonds. The maximum atomic E-state index is 3.57. The molecule has 1 N–H and O–H groups in total. The SMILES string of the molecule is CCCC(C)C(NC)C1CC2CC2C1. The zero-order valence-corrected chi connectivity index (χ0v) is 9.92. The van der Waals surface area contributed by atoms with Crippen molar-refractivity contribution in [1.29, 1.82) is 0 Å². The zero-order chi connectivity index (χ0) is 10.1. The lowest BCUT2D eigenvalue weighted by Gasteiger charge is -2.30. The van der Waals surface area contributed by atoms with Gasteiger partial charge < -0.3 is 5.32 Å². The summed E-state index contributed by atoms with van der Waals surface area (Å²) < 4.78 is 0. The number of fused-ring (bicyclic) bond motifs is 1. The Kier molecular flexibility index (Phi) is 3.16. The topological polar surface area (TPSA) is 12.0 Å². The summed E-state index contributed by atoms with van der Waals surface area (Å²) in [5.41, 5.74) is 0. The van der Waals surface area contributed by atoms with E-state index >= 15 is 0 Å². The molecule has 2 saturated carbocycles. The zero-order valence-electron chi connectivity index (χ0n) is 9.92. The van der Waals surface area contributed by atoms with Crippen molar-refractivity contribution in [3.63, 3.8) is 0 Å². The van der Waals surface area contributed by atoms with E-state index in [0.717, 1.165) is 29.7 Å². The van der Waals surface area contributed by atoms with E-state index in [1.807, 2.05) is 0 Å². The largest absolute Gasteiger partial charge is 0.316 e. The van der Waals surface area contributed by atoms with Gasteiger partial charge >= 0.3 is 0 Å². The van der Waals surface area contributed by atoms with E-state index in [0.29, 0.717) is 0 Å². The second-order valence-corrected chi connectivity index (χ2v) is 5.57.